The Balaban J connectivity index is 1.88. The third-order valence-electron chi connectivity index (χ3n) is 3.25. The topological polar surface area (TPSA) is 41.6 Å². The first-order valence-electron chi connectivity index (χ1n) is 6.85. The first-order chi connectivity index (χ1) is 9.15. The van der Waals surface area contributed by atoms with Gasteiger partial charge in [0.2, 0.25) is 0 Å². The third kappa shape index (κ3) is 4.24. The van der Waals surface area contributed by atoms with Gasteiger partial charge in [0.1, 0.15) is 5.75 Å². The van der Waals surface area contributed by atoms with Crippen LogP contribution in [0.1, 0.15) is 17.5 Å². The minimum Gasteiger partial charge on any atom is -0.484 e. The summed E-state index contributed by atoms with van der Waals surface area (Å²) in [5, 5.41) is 3.29. The van der Waals surface area contributed by atoms with Crippen LogP contribution in [0.5, 0.6) is 5.75 Å². The zero-order valence-electron chi connectivity index (χ0n) is 11.7. The largest absolute Gasteiger partial charge is 0.484 e. The van der Waals surface area contributed by atoms with Crippen molar-refractivity contribution in [3.63, 3.8) is 0 Å². The van der Waals surface area contributed by atoms with Gasteiger partial charge in [0.05, 0.1) is 0 Å². The van der Waals surface area contributed by atoms with Crippen LogP contribution in [0.4, 0.5) is 0 Å². The lowest BCUT2D eigenvalue weighted by molar-refractivity contribution is -0.133. The van der Waals surface area contributed by atoms with Crippen LogP contribution in [0.3, 0.4) is 0 Å². The predicted molar refractivity (Wildman–Crippen MR) is 75.5 cm³/mol. The predicted octanol–water partition coefficient (Wildman–Crippen LogP) is 1.50. The molecule has 19 heavy (non-hydrogen) atoms. The Morgan fingerprint density at radius 3 is 2.68 bits per heavy atom. The van der Waals surface area contributed by atoms with Gasteiger partial charge in [0, 0.05) is 19.6 Å². The standard InChI is InChI=1S/C15H22N2O2/c1-12-8-13(2)10-14(9-12)19-11-15(18)17-6-3-4-16-5-7-17/h8-10,16H,3-7,11H2,1-2H3. The molecule has 2 rings (SSSR count). The number of amides is 1. The zero-order valence-corrected chi connectivity index (χ0v) is 11.7. The summed E-state index contributed by atoms with van der Waals surface area (Å²) in [5.74, 6) is 0.849. The highest BCUT2D eigenvalue weighted by Gasteiger charge is 2.15. The van der Waals surface area contributed by atoms with Crippen LogP contribution < -0.4 is 10.1 Å². The van der Waals surface area contributed by atoms with Gasteiger partial charge in [-0.1, -0.05) is 6.07 Å². The second kappa shape index (κ2) is 6.57. The molecular formula is C15H22N2O2. The van der Waals surface area contributed by atoms with Gasteiger partial charge in [-0.25, -0.2) is 0 Å². The number of nitrogens with zero attached hydrogens (tertiary/aromatic N) is 1. The lowest BCUT2D eigenvalue weighted by Crippen LogP contribution is -2.37. The van der Waals surface area contributed by atoms with Gasteiger partial charge in [0.15, 0.2) is 6.61 Å². The number of hydrogen-bond acceptors (Lipinski definition) is 3. The number of ether oxygens (including phenoxy) is 1. The molecular weight excluding hydrogens is 240 g/mol. The molecule has 0 radical (unpaired) electrons. The lowest BCUT2D eigenvalue weighted by Gasteiger charge is -2.20. The van der Waals surface area contributed by atoms with E-state index in [1.165, 1.54) is 0 Å². The van der Waals surface area contributed by atoms with Crippen molar-refractivity contribution in [3.8, 4) is 5.75 Å². The van der Waals surface area contributed by atoms with Gasteiger partial charge < -0.3 is 15.0 Å². The monoisotopic (exact) mass is 262 g/mol. The fraction of sp³-hybridized carbons (Fsp3) is 0.533. The van der Waals surface area contributed by atoms with Crippen molar-refractivity contribution in [2.75, 3.05) is 32.8 Å². The van der Waals surface area contributed by atoms with Crippen molar-refractivity contribution < 1.29 is 9.53 Å². The maximum Gasteiger partial charge on any atom is 0.260 e. The van der Waals surface area contributed by atoms with Crippen LogP contribution in [-0.2, 0) is 4.79 Å². The molecule has 0 unspecified atom stereocenters. The molecule has 1 aromatic rings. The van der Waals surface area contributed by atoms with E-state index in [9.17, 15) is 4.79 Å². The number of carbonyl (C=O) groups excluding carboxylic acids is 1. The Kier molecular flexibility index (Phi) is 4.80. The van der Waals surface area contributed by atoms with Gasteiger partial charge in [0.25, 0.3) is 5.91 Å². The van der Waals surface area contributed by atoms with Gasteiger partial charge in [-0.2, -0.15) is 0 Å². The summed E-state index contributed by atoms with van der Waals surface area (Å²) in [7, 11) is 0. The quantitative estimate of drug-likeness (QED) is 0.897. The maximum atomic E-state index is 12.1. The van der Waals surface area contributed by atoms with E-state index in [0.717, 1.165) is 49.5 Å². The number of benzene rings is 1. The van der Waals surface area contributed by atoms with Crippen LogP contribution in [0.25, 0.3) is 0 Å². The highest BCUT2D eigenvalue weighted by molar-refractivity contribution is 5.77. The Bertz CT molecular complexity index is 418. The molecule has 0 atom stereocenters. The first-order valence-corrected chi connectivity index (χ1v) is 6.85. The molecule has 1 aromatic carbocycles. The molecule has 104 valence electrons. The summed E-state index contributed by atoms with van der Waals surface area (Å²) in [4.78, 5) is 13.9. The van der Waals surface area contributed by atoms with Gasteiger partial charge >= 0.3 is 0 Å². The van der Waals surface area contributed by atoms with Gasteiger partial charge in [-0.15, -0.1) is 0 Å². The van der Waals surface area contributed by atoms with Crippen LogP contribution in [0.15, 0.2) is 18.2 Å². The molecule has 1 N–H and O–H groups in total. The molecule has 0 saturated carbocycles. The molecule has 0 bridgehead atoms. The van der Waals surface area contributed by atoms with E-state index in [1.807, 2.05) is 30.9 Å². The highest BCUT2D eigenvalue weighted by Crippen LogP contribution is 2.16. The Labute approximate surface area is 114 Å². The van der Waals surface area contributed by atoms with E-state index in [0.29, 0.717) is 0 Å². The Morgan fingerprint density at radius 2 is 1.95 bits per heavy atom. The normalized spacial score (nSPS) is 16.0. The van der Waals surface area contributed by atoms with Crippen molar-refractivity contribution in [2.24, 2.45) is 0 Å². The van der Waals surface area contributed by atoms with Crippen molar-refractivity contribution in [1.29, 1.82) is 0 Å². The van der Waals surface area contributed by atoms with Gasteiger partial charge in [-0.05, 0) is 50.1 Å². The number of aryl methyl sites for hydroxylation is 2. The van der Waals surface area contributed by atoms with Crippen LogP contribution in [-0.4, -0.2) is 43.6 Å². The molecule has 0 aliphatic carbocycles. The second-order valence-corrected chi connectivity index (χ2v) is 5.10. The van der Waals surface area contributed by atoms with Crippen molar-refractivity contribution in [2.45, 2.75) is 20.3 Å². The summed E-state index contributed by atoms with van der Waals surface area (Å²) < 4.78 is 5.61. The highest BCUT2D eigenvalue weighted by atomic mass is 16.5. The smallest absolute Gasteiger partial charge is 0.260 e. The molecule has 1 amide bonds. The fourth-order valence-electron chi connectivity index (χ4n) is 2.35. The Morgan fingerprint density at radius 1 is 1.21 bits per heavy atom. The second-order valence-electron chi connectivity index (χ2n) is 5.10. The molecule has 1 heterocycles. The molecule has 0 aromatic heterocycles. The van der Waals surface area contributed by atoms with E-state index in [1.54, 1.807) is 0 Å². The molecule has 4 nitrogen and oxygen atoms in total. The van der Waals surface area contributed by atoms with Gasteiger partial charge in [-0.3, -0.25) is 4.79 Å². The molecule has 4 heteroatoms. The van der Waals surface area contributed by atoms with Crippen molar-refractivity contribution in [1.82, 2.24) is 10.2 Å². The van der Waals surface area contributed by atoms with Crippen molar-refractivity contribution >= 4 is 5.91 Å². The number of carbonyl (C=O) groups is 1. The summed E-state index contributed by atoms with van der Waals surface area (Å²) in [6.45, 7) is 7.64. The summed E-state index contributed by atoms with van der Waals surface area (Å²) in [5.41, 5.74) is 2.31. The van der Waals surface area contributed by atoms with E-state index in [2.05, 4.69) is 11.4 Å². The summed E-state index contributed by atoms with van der Waals surface area (Å²) in [6.07, 6.45) is 1.01. The zero-order chi connectivity index (χ0) is 13.7. The summed E-state index contributed by atoms with van der Waals surface area (Å²) in [6, 6.07) is 6.02. The van der Waals surface area contributed by atoms with E-state index >= 15 is 0 Å². The molecule has 1 saturated heterocycles. The molecule has 1 aliphatic rings. The third-order valence-corrected chi connectivity index (χ3v) is 3.25. The first kappa shape index (κ1) is 13.9. The molecule has 1 aliphatic heterocycles. The number of nitrogens with one attached hydrogen (secondary N) is 1. The average molecular weight is 262 g/mol. The van der Waals surface area contributed by atoms with E-state index in [4.69, 9.17) is 4.74 Å². The lowest BCUT2D eigenvalue weighted by atomic mass is 10.1. The minimum absolute atomic E-state index is 0.0721. The van der Waals surface area contributed by atoms with E-state index < -0.39 is 0 Å². The van der Waals surface area contributed by atoms with Crippen LogP contribution in [0, 0.1) is 13.8 Å². The van der Waals surface area contributed by atoms with Crippen LogP contribution in [0.2, 0.25) is 0 Å². The minimum atomic E-state index is 0.0721. The van der Waals surface area contributed by atoms with Crippen molar-refractivity contribution in [3.05, 3.63) is 29.3 Å². The fourth-order valence-corrected chi connectivity index (χ4v) is 2.35. The number of rotatable bonds is 3. The molecule has 1 fully saturated rings. The SMILES string of the molecule is Cc1cc(C)cc(OCC(=O)N2CCCNCC2)c1. The van der Waals surface area contributed by atoms with Crippen LogP contribution >= 0.6 is 0 Å². The average Bonchev–Trinajstić information content (AvgIpc) is 2.63. The number of hydrogen-bond donors (Lipinski definition) is 1. The summed E-state index contributed by atoms with van der Waals surface area (Å²) >= 11 is 0. The maximum absolute atomic E-state index is 12.1. The Hall–Kier alpha value is -1.55. The molecule has 0 spiro atoms. The van der Waals surface area contributed by atoms with E-state index in [-0.39, 0.29) is 12.5 Å².